The van der Waals surface area contributed by atoms with Gasteiger partial charge in [-0.25, -0.2) is 0 Å². The summed E-state index contributed by atoms with van der Waals surface area (Å²) in [5.41, 5.74) is 11.1. The Morgan fingerprint density at radius 2 is 0.941 bits per heavy atom. The summed E-state index contributed by atoms with van der Waals surface area (Å²) in [7, 11) is 3.56. The number of halogens is 2. The van der Waals surface area contributed by atoms with E-state index in [4.69, 9.17) is 0 Å². The van der Waals surface area contributed by atoms with E-state index in [9.17, 15) is 0 Å². The second-order valence-electron chi connectivity index (χ2n) is 16.0. The molecule has 0 unspecified atom stereocenters. The Bertz CT molecular complexity index is 1780. The van der Waals surface area contributed by atoms with Crippen molar-refractivity contribution in [2.45, 2.75) is 104 Å². The monoisotopic (exact) mass is 807 g/mol. The van der Waals surface area contributed by atoms with Gasteiger partial charge in [0.25, 0.3) is 0 Å². The first kappa shape index (κ1) is 44.9. The van der Waals surface area contributed by atoms with Gasteiger partial charge in [0.15, 0.2) is 0 Å². The van der Waals surface area contributed by atoms with Gasteiger partial charge >= 0.3 is 26.2 Å². The van der Waals surface area contributed by atoms with E-state index in [0.717, 1.165) is 5.92 Å². The van der Waals surface area contributed by atoms with Gasteiger partial charge in [0.05, 0.1) is 0 Å². The van der Waals surface area contributed by atoms with Crippen LogP contribution in [0.5, 0.6) is 0 Å². The molecule has 0 amide bonds. The van der Waals surface area contributed by atoms with Crippen LogP contribution in [0, 0.1) is 19.8 Å². The number of aryl methyl sites for hydroxylation is 2. The topological polar surface area (TPSA) is 0 Å². The molecule has 51 heavy (non-hydrogen) atoms. The summed E-state index contributed by atoms with van der Waals surface area (Å²) in [6.07, 6.45) is 7.33. The summed E-state index contributed by atoms with van der Waals surface area (Å²) in [6, 6.07) is 41.4. The molecule has 0 N–H and O–H groups in total. The van der Waals surface area contributed by atoms with Gasteiger partial charge in [-0.15, -0.1) is 69.1 Å². The summed E-state index contributed by atoms with van der Waals surface area (Å²) in [5, 5.41) is 5.38. The van der Waals surface area contributed by atoms with Gasteiger partial charge < -0.3 is 24.8 Å². The summed E-state index contributed by atoms with van der Waals surface area (Å²) < 4.78 is 0. The molecule has 7 rings (SSSR count). The quantitative estimate of drug-likeness (QED) is 0.127. The van der Waals surface area contributed by atoms with Crippen LogP contribution in [0.3, 0.4) is 0 Å². The first-order valence-electron chi connectivity index (χ1n) is 18.0. The standard InChI is InChI=1S/2C20H21.C7H13Si.2ClH.Zr/c2*1-14-12-16-6-5-7-18(19(16)13-14)15-8-10-17(11-9-15)20(2,3)4;8-6-7-4-2-1-3-5-7;;;/h2*5-13H,1-4H3;7H,1-6H2;2*1H;/q2*-1;;;;+4/p-2. The zero-order valence-corrected chi connectivity index (χ0v) is 36.9. The molecule has 265 valence electrons. The zero-order chi connectivity index (χ0) is 34.5. The molecule has 1 aliphatic rings. The van der Waals surface area contributed by atoms with Gasteiger partial charge in [-0.2, -0.15) is 12.1 Å². The molecule has 0 nitrogen and oxygen atoms in total. The predicted octanol–water partition coefficient (Wildman–Crippen LogP) is 7.82. The van der Waals surface area contributed by atoms with Crippen molar-refractivity contribution in [3.8, 4) is 22.3 Å². The average Bonchev–Trinajstić information content (AvgIpc) is 3.65. The van der Waals surface area contributed by atoms with Crippen LogP contribution in [0.2, 0.25) is 6.04 Å². The van der Waals surface area contributed by atoms with Gasteiger partial charge in [0.1, 0.15) is 0 Å². The molecule has 6 aromatic rings. The van der Waals surface area contributed by atoms with Crippen LogP contribution in [-0.4, -0.2) is 10.2 Å². The molecule has 0 saturated heterocycles. The summed E-state index contributed by atoms with van der Waals surface area (Å²) in [4.78, 5) is 0. The van der Waals surface area contributed by atoms with Crippen molar-refractivity contribution in [3.05, 3.63) is 131 Å². The fourth-order valence-electron chi connectivity index (χ4n) is 6.96. The largest absolute Gasteiger partial charge is 4.00 e. The molecule has 1 saturated carbocycles. The first-order valence-corrected chi connectivity index (χ1v) is 18.7. The number of hydrogen-bond donors (Lipinski definition) is 0. The van der Waals surface area contributed by atoms with Gasteiger partial charge in [0, 0.05) is 10.2 Å². The van der Waals surface area contributed by atoms with Gasteiger partial charge in [-0.1, -0.05) is 165 Å². The van der Waals surface area contributed by atoms with Crippen molar-refractivity contribution in [2.75, 3.05) is 0 Å². The van der Waals surface area contributed by atoms with Crippen molar-refractivity contribution >= 4 is 31.8 Å². The van der Waals surface area contributed by atoms with E-state index in [1.54, 1.807) is 0 Å². The second kappa shape index (κ2) is 19.7. The van der Waals surface area contributed by atoms with Gasteiger partial charge in [-0.3, -0.25) is 0 Å². The van der Waals surface area contributed by atoms with E-state index in [-0.39, 0.29) is 61.8 Å². The van der Waals surface area contributed by atoms with Gasteiger partial charge in [-0.05, 0) is 39.0 Å². The van der Waals surface area contributed by atoms with Crippen LogP contribution in [0.4, 0.5) is 0 Å². The zero-order valence-electron chi connectivity index (χ0n) is 32.0. The number of benzene rings is 4. The van der Waals surface area contributed by atoms with Crippen molar-refractivity contribution in [1.29, 1.82) is 0 Å². The Labute approximate surface area is 344 Å². The maximum atomic E-state index is 3.56. The van der Waals surface area contributed by atoms with Crippen molar-refractivity contribution in [1.82, 2.24) is 0 Å². The van der Waals surface area contributed by atoms with Crippen LogP contribution in [0.15, 0.2) is 109 Å². The fraction of sp³-hybridized carbons (Fsp3) is 0.362. The maximum absolute atomic E-state index is 3.56. The average molecular weight is 810 g/mol. The Morgan fingerprint density at radius 1 is 0.569 bits per heavy atom. The van der Waals surface area contributed by atoms with E-state index in [2.05, 4.69) is 175 Å². The Morgan fingerprint density at radius 3 is 1.25 bits per heavy atom. The molecule has 0 aliphatic heterocycles. The number of fused-ring (bicyclic) bond motifs is 2. The molecule has 0 atom stereocenters. The molecular formula is C47H55Cl2SiZr. The van der Waals surface area contributed by atoms with E-state index in [0.29, 0.717) is 0 Å². The fourth-order valence-corrected chi connectivity index (χ4v) is 7.37. The third-order valence-electron chi connectivity index (χ3n) is 9.93. The minimum absolute atomic E-state index is 0. The summed E-state index contributed by atoms with van der Waals surface area (Å²) in [6.45, 7) is 17.8. The Kier molecular flexibility index (Phi) is 17.4. The summed E-state index contributed by atoms with van der Waals surface area (Å²) in [5.74, 6) is 1.00. The molecule has 0 bridgehead atoms. The molecule has 1 fully saturated rings. The van der Waals surface area contributed by atoms with Crippen LogP contribution in [0.25, 0.3) is 43.8 Å². The molecule has 0 aromatic heterocycles. The van der Waals surface area contributed by atoms with E-state index < -0.39 is 0 Å². The molecule has 6 aromatic carbocycles. The van der Waals surface area contributed by atoms with Crippen molar-refractivity contribution in [2.24, 2.45) is 5.92 Å². The summed E-state index contributed by atoms with van der Waals surface area (Å²) >= 11 is 0. The van der Waals surface area contributed by atoms with Gasteiger partial charge in [0.2, 0.25) is 0 Å². The van der Waals surface area contributed by atoms with E-state index >= 15 is 0 Å². The van der Waals surface area contributed by atoms with Crippen LogP contribution >= 0.6 is 0 Å². The van der Waals surface area contributed by atoms with Crippen molar-refractivity contribution < 1.29 is 51.0 Å². The number of hydrogen-bond acceptors (Lipinski definition) is 0. The molecule has 0 spiro atoms. The van der Waals surface area contributed by atoms with Crippen LogP contribution in [-0.2, 0) is 37.0 Å². The van der Waals surface area contributed by atoms with Crippen LogP contribution < -0.4 is 24.8 Å². The molecular weight excluding hydrogens is 755 g/mol. The van der Waals surface area contributed by atoms with E-state index in [1.165, 1.54) is 104 Å². The Balaban J connectivity index is 0.000000278. The maximum Gasteiger partial charge on any atom is 4.00 e. The molecule has 1 aliphatic carbocycles. The third-order valence-corrected chi connectivity index (χ3v) is 10.5. The minimum Gasteiger partial charge on any atom is -1.00 e. The third kappa shape index (κ3) is 11.9. The minimum atomic E-state index is 0. The molecule has 3 radical (unpaired) electrons. The molecule has 0 heterocycles. The Hall–Kier alpha value is -2.22. The van der Waals surface area contributed by atoms with Crippen LogP contribution in [0.1, 0.15) is 95.9 Å². The SMILES string of the molecule is Cc1cc2c(-c3ccc(C(C)(C)C)cc3)cccc2[cH-]1.Cc1cc2c(-c3ccc(C(C)(C)C)cc3)cccc2[cH-]1.[Cl-].[Cl-].[Si]CC1CCCCC1.[Zr+4]. The smallest absolute Gasteiger partial charge is 1.00 e. The first-order chi connectivity index (χ1) is 22.8. The van der Waals surface area contributed by atoms with E-state index in [1.807, 2.05) is 0 Å². The normalized spacial score (nSPS) is 13.1. The predicted molar refractivity (Wildman–Crippen MR) is 214 cm³/mol. The number of rotatable bonds is 3. The van der Waals surface area contributed by atoms with Crippen molar-refractivity contribution in [3.63, 3.8) is 0 Å². The molecule has 4 heteroatoms. The second-order valence-corrected chi connectivity index (χ2v) is 16.5.